The summed E-state index contributed by atoms with van der Waals surface area (Å²) in [6, 6.07) is 3.90. The third kappa shape index (κ3) is 4.05. The molecule has 5 nitrogen and oxygen atoms in total. The van der Waals surface area contributed by atoms with Crippen molar-refractivity contribution >= 4 is 17.4 Å². The zero-order valence-electron chi connectivity index (χ0n) is 11.0. The average molecular weight is 281 g/mol. The maximum Gasteiger partial charge on any atom is 0.135 e. The Hall–Kier alpha value is -1.38. The van der Waals surface area contributed by atoms with Crippen LogP contribution < -0.4 is 4.90 Å². The van der Waals surface area contributed by atoms with Crippen molar-refractivity contribution in [2.45, 2.75) is 25.2 Å². The quantitative estimate of drug-likeness (QED) is 0.718. The largest absolute Gasteiger partial charge is 0.383 e. The van der Waals surface area contributed by atoms with Crippen LogP contribution in [0.5, 0.6) is 0 Å². The van der Waals surface area contributed by atoms with Crippen LogP contribution in [0.4, 0.5) is 5.82 Å². The summed E-state index contributed by atoms with van der Waals surface area (Å²) < 4.78 is 5.09. The Balaban J connectivity index is 2.16. The van der Waals surface area contributed by atoms with Gasteiger partial charge >= 0.3 is 0 Å². The minimum atomic E-state index is 0.449. The summed E-state index contributed by atoms with van der Waals surface area (Å²) in [4.78, 5) is 10.9. The van der Waals surface area contributed by atoms with Crippen LogP contribution in [0.1, 0.15) is 31.0 Å². The summed E-state index contributed by atoms with van der Waals surface area (Å²) in [5, 5.41) is 9.19. The Morgan fingerprint density at radius 1 is 1.47 bits per heavy atom. The number of ether oxygens (including phenoxy) is 1. The second-order valence-corrected chi connectivity index (χ2v) is 4.96. The molecule has 0 spiro atoms. The summed E-state index contributed by atoms with van der Waals surface area (Å²) >= 11 is 6.06. The van der Waals surface area contributed by atoms with Crippen LogP contribution in [-0.2, 0) is 4.74 Å². The number of methoxy groups -OCH3 is 1. The van der Waals surface area contributed by atoms with Gasteiger partial charge in [-0.05, 0) is 12.8 Å². The highest BCUT2D eigenvalue weighted by Crippen LogP contribution is 2.39. The third-order valence-electron chi connectivity index (χ3n) is 3.02. The molecular formula is C13H17ClN4O. The summed E-state index contributed by atoms with van der Waals surface area (Å²) in [6.07, 6.45) is 2.72. The van der Waals surface area contributed by atoms with Gasteiger partial charge in [-0.15, -0.1) is 0 Å². The Labute approximate surface area is 118 Å². The van der Waals surface area contributed by atoms with E-state index < -0.39 is 0 Å². The molecule has 0 unspecified atom stereocenters. The fourth-order valence-electron chi connectivity index (χ4n) is 1.84. The van der Waals surface area contributed by atoms with Crippen molar-refractivity contribution in [3.63, 3.8) is 0 Å². The minimum absolute atomic E-state index is 0.449. The van der Waals surface area contributed by atoms with Gasteiger partial charge in [0, 0.05) is 32.2 Å². The molecule has 0 aromatic carbocycles. The molecule has 1 heterocycles. The van der Waals surface area contributed by atoms with E-state index in [4.69, 9.17) is 21.6 Å². The van der Waals surface area contributed by atoms with E-state index in [-0.39, 0.29) is 0 Å². The maximum atomic E-state index is 8.73. The molecule has 1 fully saturated rings. The number of rotatable bonds is 7. The van der Waals surface area contributed by atoms with Crippen LogP contribution in [0.15, 0.2) is 6.07 Å². The number of aromatic nitrogens is 2. The second kappa shape index (κ2) is 6.69. The van der Waals surface area contributed by atoms with E-state index in [2.05, 4.69) is 16.0 Å². The molecule has 0 N–H and O–H groups in total. The molecule has 1 aliphatic carbocycles. The molecule has 0 saturated heterocycles. The van der Waals surface area contributed by atoms with Gasteiger partial charge < -0.3 is 9.64 Å². The SMILES string of the molecule is COCCN(CCC#N)c1cc(Cl)nc(C2CC2)n1. The van der Waals surface area contributed by atoms with Crippen molar-refractivity contribution in [3.8, 4) is 6.07 Å². The number of anilines is 1. The van der Waals surface area contributed by atoms with Gasteiger partial charge in [-0.1, -0.05) is 11.6 Å². The number of nitrogens with zero attached hydrogens (tertiary/aromatic N) is 4. The number of hydrogen-bond donors (Lipinski definition) is 0. The molecule has 0 amide bonds. The van der Waals surface area contributed by atoms with Crippen molar-refractivity contribution in [2.75, 3.05) is 31.7 Å². The topological polar surface area (TPSA) is 62.0 Å². The standard InChI is InChI=1S/C13H17ClN4O/c1-19-8-7-18(6-2-5-15)12-9-11(14)16-13(17-12)10-3-4-10/h9-10H,2-4,6-8H2,1H3. The van der Waals surface area contributed by atoms with Crippen molar-refractivity contribution in [3.05, 3.63) is 17.0 Å². The first-order chi connectivity index (χ1) is 9.24. The van der Waals surface area contributed by atoms with Gasteiger partial charge in [-0.25, -0.2) is 9.97 Å². The predicted octanol–water partition coefficient (Wildman–Crippen LogP) is 2.37. The Bertz CT molecular complexity index is 470. The van der Waals surface area contributed by atoms with E-state index in [1.807, 2.05) is 4.90 Å². The van der Waals surface area contributed by atoms with Crippen molar-refractivity contribution in [1.82, 2.24) is 9.97 Å². The Kier molecular flexibility index (Phi) is 4.94. The number of nitriles is 1. The van der Waals surface area contributed by atoms with Crippen LogP contribution in [0, 0.1) is 11.3 Å². The summed E-state index contributed by atoms with van der Waals surface area (Å²) in [5.41, 5.74) is 0. The van der Waals surface area contributed by atoms with Gasteiger partial charge in [-0.3, -0.25) is 0 Å². The van der Waals surface area contributed by atoms with Crippen molar-refractivity contribution in [1.29, 1.82) is 5.26 Å². The van der Waals surface area contributed by atoms with Gasteiger partial charge in [0.1, 0.15) is 16.8 Å². The Morgan fingerprint density at radius 2 is 2.26 bits per heavy atom. The Morgan fingerprint density at radius 3 is 2.89 bits per heavy atom. The molecule has 19 heavy (non-hydrogen) atoms. The predicted molar refractivity (Wildman–Crippen MR) is 73.3 cm³/mol. The minimum Gasteiger partial charge on any atom is -0.383 e. The molecule has 102 valence electrons. The van der Waals surface area contributed by atoms with E-state index in [0.717, 1.165) is 24.5 Å². The lowest BCUT2D eigenvalue weighted by atomic mass is 10.3. The maximum absolute atomic E-state index is 8.73. The van der Waals surface area contributed by atoms with Crippen LogP contribution in [0.3, 0.4) is 0 Å². The van der Waals surface area contributed by atoms with Crippen molar-refractivity contribution in [2.24, 2.45) is 0 Å². The summed E-state index contributed by atoms with van der Waals surface area (Å²) in [7, 11) is 1.66. The van der Waals surface area contributed by atoms with Crippen LogP contribution >= 0.6 is 11.6 Å². The normalized spacial score (nSPS) is 14.2. The summed E-state index contributed by atoms with van der Waals surface area (Å²) in [5.74, 6) is 2.06. The smallest absolute Gasteiger partial charge is 0.135 e. The molecule has 1 aliphatic rings. The molecule has 0 aliphatic heterocycles. The number of hydrogen-bond acceptors (Lipinski definition) is 5. The summed E-state index contributed by atoms with van der Waals surface area (Å²) in [6.45, 7) is 1.90. The van der Waals surface area contributed by atoms with E-state index >= 15 is 0 Å². The monoisotopic (exact) mass is 280 g/mol. The highest BCUT2D eigenvalue weighted by atomic mass is 35.5. The first-order valence-electron chi connectivity index (χ1n) is 6.40. The molecule has 0 radical (unpaired) electrons. The third-order valence-corrected chi connectivity index (χ3v) is 3.22. The fraction of sp³-hybridized carbons (Fsp3) is 0.615. The van der Waals surface area contributed by atoms with Gasteiger partial charge in [0.05, 0.1) is 19.1 Å². The fourth-order valence-corrected chi connectivity index (χ4v) is 2.02. The molecular weight excluding hydrogens is 264 g/mol. The van der Waals surface area contributed by atoms with Gasteiger partial charge in [-0.2, -0.15) is 5.26 Å². The van der Waals surface area contributed by atoms with Crippen LogP contribution in [0.2, 0.25) is 5.15 Å². The highest BCUT2D eigenvalue weighted by molar-refractivity contribution is 6.29. The molecule has 1 saturated carbocycles. The lowest BCUT2D eigenvalue weighted by molar-refractivity contribution is 0.205. The molecule has 2 rings (SSSR count). The van der Waals surface area contributed by atoms with Gasteiger partial charge in [0.25, 0.3) is 0 Å². The van der Waals surface area contributed by atoms with E-state index in [0.29, 0.717) is 37.2 Å². The van der Waals surface area contributed by atoms with Crippen LogP contribution in [-0.4, -0.2) is 36.8 Å². The van der Waals surface area contributed by atoms with Crippen LogP contribution in [0.25, 0.3) is 0 Å². The zero-order chi connectivity index (χ0) is 13.7. The number of halogens is 1. The lowest BCUT2D eigenvalue weighted by Gasteiger charge is -2.22. The van der Waals surface area contributed by atoms with Gasteiger partial charge in [0.15, 0.2) is 0 Å². The van der Waals surface area contributed by atoms with E-state index in [9.17, 15) is 0 Å². The lowest BCUT2D eigenvalue weighted by Crippen LogP contribution is -2.29. The van der Waals surface area contributed by atoms with E-state index in [1.54, 1.807) is 13.2 Å². The molecule has 1 aromatic rings. The van der Waals surface area contributed by atoms with E-state index in [1.165, 1.54) is 0 Å². The highest BCUT2D eigenvalue weighted by Gasteiger charge is 2.27. The first kappa shape index (κ1) is 14.0. The average Bonchev–Trinajstić information content (AvgIpc) is 3.22. The molecule has 1 aromatic heterocycles. The second-order valence-electron chi connectivity index (χ2n) is 4.57. The van der Waals surface area contributed by atoms with Gasteiger partial charge in [0.2, 0.25) is 0 Å². The molecule has 0 atom stereocenters. The van der Waals surface area contributed by atoms with Crippen molar-refractivity contribution < 1.29 is 4.74 Å². The molecule has 0 bridgehead atoms. The molecule has 6 heteroatoms. The first-order valence-corrected chi connectivity index (χ1v) is 6.77. The zero-order valence-corrected chi connectivity index (χ0v) is 11.7.